The van der Waals surface area contributed by atoms with Crippen molar-refractivity contribution >= 4 is 18.4 Å². The van der Waals surface area contributed by atoms with Gasteiger partial charge < -0.3 is 10.8 Å². The van der Waals surface area contributed by atoms with Crippen LogP contribution in [0.25, 0.3) is 0 Å². The van der Waals surface area contributed by atoms with Gasteiger partial charge in [0.1, 0.15) is 0 Å². The Kier molecular flexibility index (Phi) is 4.00. The number of hydrogen-bond donors (Lipinski definition) is 2. The average molecular weight is 194 g/mol. The molecule has 0 amide bonds. The molecule has 0 saturated heterocycles. The number of carbonyl (C=O) groups is 1. The first-order chi connectivity index (χ1) is 5.04. The summed E-state index contributed by atoms with van der Waals surface area (Å²) in [7, 11) is 0. The second kappa shape index (κ2) is 4.10. The van der Waals surface area contributed by atoms with Crippen molar-refractivity contribution in [1.82, 2.24) is 0 Å². The van der Waals surface area contributed by atoms with E-state index in [2.05, 4.69) is 0 Å². The summed E-state index contributed by atoms with van der Waals surface area (Å²) in [5.41, 5.74) is 5.36. The van der Waals surface area contributed by atoms with Crippen molar-refractivity contribution in [2.75, 3.05) is 0 Å². The summed E-state index contributed by atoms with van der Waals surface area (Å²) >= 11 is 0. The Balaban J connectivity index is 0.00000121. The predicted octanol–water partition coefficient (Wildman–Crippen LogP) is 1.40. The molecule has 0 unspecified atom stereocenters. The minimum atomic E-state index is -0.741. The highest BCUT2D eigenvalue weighted by molar-refractivity contribution is 5.85. The Morgan fingerprint density at radius 1 is 1.58 bits per heavy atom. The van der Waals surface area contributed by atoms with E-state index in [9.17, 15) is 4.79 Å². The maximum atomic E-state index is 10.7. The van der Waals surface area contributed by atoms with Crippen LogP contribution in [0.3, 0.4) is 0 Å². The van der Waals surface area contributed by atoms with Gasteiger partial charge in [-0.05, 0) is 19.8 Å². The fraction of sp³-hybridized carbons (Fsp3) is 0.875. The quantitative estimate of drug-likeness (QED) is 0.662. The number of aliphatic carboxylic acids is 1. The summed E-state index contributed by atoms with van der Waals surface area (Å²) in [4.78, 5) is 10.7. The number of carboxylic acids is 1. The fourth-order valence-electron chi connectivity index (χ4n) is 1.76. The van der Waals surface area contributed by atoms with Crippen LogP contribution in [-0.4, -0.2) is 16.6 Å². The van der Waals surface area contributed by atoms with Crippen LogP contribution in [0.5, 0.6) is 0 Å². The molecular formula is C8H16ClNO2. The normalized spacial score (nSPS) is 35.3. The lowest BCUT2D eigenvalue weighted by molar-refractivity contribution is -0.145. The van der Waals surface area contributed by atoms with Gasteiger partial charge in [0, 0.05) is 5.54 Å². The van der Waals surface area contributed by atoms with E-state index in [0.717, 1.165) is 25.7 Å². The van der Waals surface area contributed by atoms with E-state index in [1.54, 1.807) is 0 Å². The molecule has 12 heavy (non-hydrogen) atoms. The zero-order valence-electron chi connectivity index (χ0n) is 7.25. The Labute approximate surface area is 78.7 Å². The summed E-state index contributed by atoms with van der Waals surface area (Å²) in [6, 6.07) is 0. The van der Waals surface area contributed by atoms with E-state index in [1.165, 1.54) is 0 Å². The van der Waals surface area contributed by atoms with Gasteiger partial charge >= 0.3 is 5.97 Å². The zero-order valence-corrected chi connectivity index (χ0v) is 8.06. The van der Waals surface area contributed by atoms with Crippen LogP contribution in [0.1, 0.15) is 32.6 Å². The van der Waals surface area contributed by atoms with E-state index in [-0.39, 0.29) is 18.3 Å². The molecule has 1 fully saturated rings. The maximum absolute atomic E-state index is 10.7. The van der Waals surface area contributed by atoms with Gasteiger partial charge in [0.15, 0.2) is 0 Å². The first-order valence-electron chi connectivity index (χ1n) is 4.06. The number of rotatable bonds is 1. The van der Waals surface area contributed by atoms with E-state index in [1.807, 2.05) is 6.92 Å². The van der Waals surface area contributed by atoms with Crippen molar-refractivity contribution in [3.8, 4) is 0 Å². The van der Waals surface area contributed by atoms with Gasteiger partial charge in [-0.15, -0.1) is 12.4 Å². The van der Waals surface area contributed by atoms with Crippen LogP contribution in [0.4, 0.5) is 0 Å². The SMILES string of the molecule is C[C@@]1(N)CCCC[C@H]1C(=O)O.Cl. The van der Waals surface area contributed by atoms with Gasteiger partial charge in [-0.3, -0.25) is 4.79 Å². The molecule has 0 bridgehead atoms. The van der Waals surface area contributed by atoms with Crippen LogP contribution >= 0.6 is 12.4 Å². The predicted molar refractivity (Wildman–Crippen MR) is 49.4 cm³/mol. The molecule has 0 aromatic heterocycles. The van der Waals surface area contributed by atoms with Gasteiger partial charge in [0.2, 0.25) is 0 Å². The topological polar surface area (TPSA) is 63.3 Å². The lowest BCUT2D eigenvalue weighted by Gasteiger charge is -2.35. The van der Waals surface area contributed by atoms with Crippen molar-refractivity contribution < 1.29 is 9.90 Å². The molecule has 1 saturated carbocycles. The van der Waals surface area contributed by atoms with E-state index < -0.39 is 11.5 Å². The molecule has 1 rings (SSSR count). The van der Waals surface area contributed by atoms with Crippen LogP contribution < -0.4 is 5.73 Å². The first kappa shape index (κ1) is 11.7. The number of carboxylic acid groups (broad SMARTS) is 1. The highest BCUT2D eigenvalue weighted by Crippen LogP contribution is 2.31. The molecule has 0 aromatic rings. The molecule has 3 nitrogen and oxygen atoms in total. The lowest BCUT2D eigenvalue weighted by Crippen LogP contribution is -2.49. The molecule has 1 aliphatic carbocycles. The van der Waals surface area contributed by atoms with Gasteiger partial charge in [-0.1, -0.05) is 12.8 Å². The van der Waals surface area contributed by atoms with Crippen molar-refractivity contribution in [2.45, 2.75) is 38.1 Å². The van der Waals surface area contributed by atoms with Crippen molar-refractivity contribution in [2.24, 2.45) is 11.7 Å². The van der Waals surface area contributed by atoms with Crippen LogP contribution in [0, 0.1) is 5.92 Å². The lowest BCUT2D eigenvalue weighted by atomic mass is 9.75. The molecule has 2 atom stereocenters. The van der Waals surface area contributed by atoms with E-state index in [4.69, 9.17) is 10.8 Å². The third-order valence-corrected chi connectivity index (χ3v) is 2.55. The van der Waals surface area contributed by atoms with Crippen LogP contribution in [0.15, 0.2) is 0 Å². The Bertz CT molecular complexity index is 170. The Hall–Kier alpha value is -0.280. The molecule has 0 radical (unpaired) electrons. The summed E-state index contributed by atoms with van der Waals surface area (Å²) in [6.45, 7) is 1.84. The molecule has 1 aliphatic rings. The minimum Gasteiger partial charge on any atom is -0.481 e. The third kappa shape index (κ3) is 2.35. The highest BCUT2D eigenvalue weighted by atomic mass is 35.5. The van der Waals surface area contributed by atoms with Gasteiger partial charge in [0.05, 0.1) is 5.92 Å². The summed E-state index contributed by atoms with van der Waals surface area (Å²) in [5.74, 6) is -1.08. The minimum absolute atomic E-state index is 0. The fourth-order valence-corrected chi connectivity index (χ4v) is 1.76. The summed E-state index contributed by atoms with van der Waals surface area (Å²) < 4.78 is 0. The van der Waals surface area contributed by atoms with Gasteiger partial charge in [0.25, 0.3) is 0 Å². The number of hydrogen-bond acceptors (Lipinski definition) is 2. The molecule has 3 N–H and O–H groups in total. The summed E-state index contributed by atoms with van der Waals surface area (Å²) in [5, 5.41) is 8.79. The van der Waals surface area contributed by atoms with E-state index in [0.29, 0.717) is 0 Å². The Morgan fingerprint density at radius 3 is 2.50 bits per heavy atom. The molecule has 72 valence electrons. The second-order valence-corrected chi connectivity index (χ2v) is 3.64. The van der Waals surface area contributed by atoms with Crippen molar-refractivity contribution in [1.29, 1.82) is 0 Å². The largest absolute Gasteiger partial charge is 0.481 e. The molecule has 0 heterocycles. The Morgan fingerprint density at radius 2 is 2.17 bits per heavy atom. The van der Waals surface area contributed by atoms with E-state index >= 15 is 0 Å². The third-order valence-electron chi connectivity index (χ3n) is 2.55. The summed E-state index contributed by atoms with van der Waals surface area (Å²) in [6.07, 6.45) is 3.65. The first-order valence-corrected chi connectivity index (χ1v) is 4.06. The molecule has 0 spiro atoms. The molecule has 0 aromatic carbocycles. The average Bonchev–Trinajstić information content (AvgIpc) is 1.85. The molecule has 0 aliphatic heterocycles. The standard InChI is InChI=1S/C8H15NO2.ClH/c1-8(9)5-3-2-4-6(8)7(10)11;/h6H,2-5,9H2,1H3,(H,10,11);1H/t6-,8+;/m0./s1. The molecular weight excluding hydrogens is 178 g/mol. The maximum Gasteiger partial charge on any atom is 0.308 e. The zero-order chi connectivity index (χ0) is 8.48. The van der Waals surface area contributed by atoms with Crippen LogP contribution in [-0.2, 0) is 4.79 Å². The number of halogens is 1. The smallest absolute Gasteiger partial charge is 0.308 e. The second-order valence-electron chi connectivity index (χ2n) is 3.64. The van der Waals surface area contributed by atoms with Crippen molar-refractivity contribution in [3.63, 3.8) is 0 Å². The number of nitrogens with two attached hydrogens (primary N) is 1. The molecule has 4 heteroatoms. The highest BCUT2D eigenvalue weighted by Gasteiger charge is 2.37. The van der Waals surface area contributed by atoms with Gasteiger partial charge in [-0.25, -0.2) is 0 Å². The van der Waals surface area contributed by atoms with Crippen LogP contribution in [0.2, 0.25) is 0 Å². The van der Waals surface area contributed by atoms with Crippen molar-refractivity contribution in [3.05, 3.63) is 0 Å². The van der Waals surface area contributed by atoms with Gasteiger partial charge in [-0.2, -0.15) is 0 Å². The monoisotopic (exact) mass is 193 g/mol.